The Balaban J connectivity index is 1.58. The number of halogens is 3. The van der Waals surface area contributed by atoms with Crippen LogP contribution in [0.3, 0.4) is 0 Å². The second-order valence-corrected chi connectivity index (χ2v) is 9.12. The molecule has 3 heterocycles. The third kappa shape index (κ3) is 4.26. The summed E-state index contributed by atoms with van der Waals surface area (Å²) in [6, 6.07) is 7.87. The van der Waals surface area contributed by atoms with E-state index in [2.05, 4.69) is 22.0 Å². The van der Waals surface area contributed by atoms with Crippen molar-refractivity contribution in [3.63, 3.8) is 0 Å². The molecule has 1 unspecified atom stereocenters. The van der Waals surface area contributed by atoms with Crippen LogP contribution >= 0.6 is 11.8 Å². The lowest BCUT2D eigenvalue weighted by Gasteiger charge is -2.23. The van der Waals surface area contributed by atoms with Gasteiger partial charge in [0, 0.05) is 34.5 Å². The fraction of sp³-hybridized carbons (Fsp3) is 0.429. The number of aryl methyl sites for hydroxylation is 2. The van der Waals surface area contributed by atoms with Crippen LogP contribution in [0.2, 0.25) is 0 Å². The molecule has 0 saturated carbocycles. The van der Waals surface area contributed by atoms with Gasteiger partial charge in [-0.05, 0) is 44.4 Å². The zero-order valence-corrected chi connectivity index (χ0v) is 18.2. The molecule has 0 fully saturated rings. The molecule has 1 amide bonds. The van der Waals surface area contributed by atoms with Gasteiger partial charge in [0.05, 0.1) is 5.69 Å². The molecule has 10 heteroatoms. The Morgan fingerprint density at radius 1 is 1.23 bits per heavy atom. The first-order valence-electron chi connectivity index (χ1n) is 10.0. The molecule has 1 aromatic carbocycles. The number of aromatic nitrogens is 4. The average molecular weight is 450 g/mol. The van der Waals surface area contributed by atoms with Crippen LogP contribution in [0.5, 0.6) is 0 Å². The van der Waals surface area contributed by atoms with Crippen molar-refractivity contribution in [1.82, 2.24) is 19.6 Å². The molecule has 0 radical (unpaired) electrons. The average Bonchev–Trinajstić information content (AvgIpc) is 3.06. The highest BCUT2D eigenvalue weighted by molar-refractivity contribution is 8.00. The number of anilines is 1. The smallest absolute Gasteiger partial charge is 0.311 e. The Bertz CT molecular complexity index is 1140. The number of carbonyl (C=O) groups excluding carboxylic acids is 1. The second kappa shape index (κ2) is 8.14. The van der Waals surface area contributed by atoms with Gasteiger partial charge in [-0.3, -0.25) is 4.79 Å². The van der Waals surface area contributed by atoms with Gasteiger partial charge in [0.15, 0.2) is 0 Å². The van der Waals surface area contributed by atoms with Crippen molar-refractivity contribution in [2.24, 2.45) is 0 Å². The highest BCUT2D eigenvalue weighted by atomic mass is 32.2. The molecular formula is C21H22F3N5OS. The third-order valence-electron chi connectivity index (χ3n) is 5.44. The standard InChI is InChI=1S/C21H22F3N5OS/c1-12-10-11-28(16-6-4-5-7-17(16)31-12)18(30)9-8-15-13(2)25-20-26-19(21(22,23)24)27-29(20)14(15)3/h4-7,12H,8-11H2,1-3H3. The molecule has 1 aliphatic heterocycles. The number of para-hydroxylation sites is 1. The van der Waals surface area contributed by atoms with E-state index in [9.17, 15) is 18.0 Å². The van der Waals surface area contributed by atoms with E-state index in [-0.39, 0.29) is 18.1 Å². The van der Waals surface area contributed by atoms with Gasteiger partial charge in [-0.25, -0.2) is 9.50 Å². The summed E-state index contributed by atoms with van der Waals surface area (Å²) >= 11 is 1.76. The summed E-state index contributed by atoms with van der Waals surface area (Å²) in [4.78, 5) is 23.7. The Morgan fingerprint density at radius 2 is 1.97 bits per heavy atom. The summed E-state index contributed by atoms with van der Waals surface area (Å²) in [5, 5.41) is 3.98. The zero-order valence-electron chi connectivity index (χ0n) is 17.4. The minimum absolute atomic E-state index is 0.0179. The van der Waals surface area contributed by atoms with Crippen LogP contribution in [0, 0.1) is 13.8 Å². The quantitative estimate of drug-likeness (QED) is 0.584. The molecule has 164 valence electrons. The van der Waals surface area contributed by atoms with Crippen LogP contribution in [-0.4, -0.2) is 37.3 Å². The van der Waals surface area contributed by atoms with Gasteiger partial charge < -0.3 is 4.90 Å². The van der Waals surface area contributed by atoms with Crippen molar-refractivity contribution in [3.05, 3.63) is 47.0 Å². The number of hydrogen-bond acceptors (Lipinski definition) is 5. The number of carbonyl (C=O) groups is 1. The number of fused-ring (bicyclic) bond motifs is 2. The lowest BCUT2D eigenvalue weighted by atomic mass is 10.1. The van der Waals surface area contributed by atoms with E-state index in [1.807, 2.05) is 29.2 Å². The molecule has 0 spiro atoms. The largest absolute Gasteiger partial charge is 0.453 e. The number of rotatable bonds is 3. The predicted molar refractivity (Wildman–Crippen MR) is 112 cm³/mol. The Hall–Kier alpha value is -2.62. The number of nitrogens with zero attached hydrogens (tertiary/aromatic N) is 5. The van der Waals surface area contributed by atoms with Crippen molar-refractivity contribution < 1.29 is 18.0 Å². The number of alkyl halides is 3. The van der Waals surface area contributed by atoms with Gasteiger partial charge in [-0.1, -0.05) is 19.1 Å². The van der Waals surface area contributed by atoms with Gasteiger partial charge in [0.25, 0.3) is 11.6 Å². The Labute approximate surface area is 181 Å². The maximum absolute atomic E-state index is 13.1. The van der Waals surface area contributed by atoms with E-state index in [0.29, 0.717) is 35.2 Å². The van der Waals surface area contributed by atoms with Crippen LogP contribution in [0.25, 0.3) is 5.78 Å². The molecule has 0 N–H and O–H groups in total. The van der Waals surface area contributed by atoms with Crippen molar-refractivity contribution in [3.8, 4) is 0 Å². The first-order chi connectivity index (χ1) is 14.6. The van der Waals surface area contributed by atoms with E-state index in [1.165, 1.54) is 0 Å². The van der Waals surface area contributed by atoms with Crippen LogP contribution in [0.1, 0.15) is 42.5 Å². The fourth-order valence-electron chi connectivity index (χ4n) is 3.80. The summed E-state index contributed by atoms with van der Waals surface area (Å²) < 4.78 is 40.1. The normalized spacial score (nSPS) is 17.0. The highest BCUT2D eigenvalue weighted by Crippen LogP contribution is 2.37. The molecule has 4 rings (SSSR count). The fourth-order valence-corrected chi connectivity index (χ4v) is 4.92. The maximum Gasteiger partial charge on any atom is 0.453 e. The lowest BCUT2D eigenvalue weighted by Crippen LogP contribution is -2.32. The van der Waals surface area contributed by atoms with Gasteiger partial charge in [-0.2, -0.15) is 18.2 Å². The van der Waals surface area contributed by atoms with Gasteiger partial charge in [-0.15, -0.1) is 16.9 Å². The molecule has 31 heavy (non-hydrogen) atoms. The Morgan fingerprint density at radius 3 is 2.71 bits per heavy atom. The molecule has 1 atom stereocenters. The monoisotopic (exact) mass is 449 g/mol. The molecule has 0 saturated heterocycles. The van der Waals surface area contributed by atoms with Gasteiger partial charge in [0.2, 0.25) is 5.91 Å². The van der Waals surface area contributed by atoms with Crippen molar-refractivity contribution in [2.75, 3.05) is 11.4 Å². The molecule has 0 aliphatic carbocycles. The minimum atomic E-state index is -4.64. The SMILES string of the molecule is Cc1nc2nc(C(F)(F)F)nn2c(C)c1CCC(=O)N1CCC(C)Sc2ccccc21. The van der Waals surface area contributed by atoms with Crippen molar-refractivity contribution in [2.45, 2.75) is 56.4 Å². The molecule has 0 bridgehead atoms. The lowest BCUT2D eigenvalue weighted by molar-refractivity contribution is -0.144. The van der Waals surface area contributed by atoms with Crippen molar-refractivity contribution >= 4 is 29.1 Å². The van der Waals surface area contributed by atoms with E-state index < -0.39 is 12.0 Å². The first kappa shape index (κ1) is 21.6. The van der Waals surface area contributed by atoms with Crippen molar-refractivity contribution in [1.29, 1.82) is 0 Å². The molecule has 2 aromatic heterocycles. The summed E-state index contributed by atoms with van der Waals surface area (Å²) in [7, 11) is 0. The summed E-state index contributed by atoms with van der Waals surface area (Å²) in [6.07, 6.45) is -3.17. The van der Waals surface area contributed by atoms with Crippen LogP contribution in [-0.2, 0) is 17.4 Å². The van der Waals surface area contributed by atoms with Crippen LogP contribution in [0.4, 0.5) is 18.9 Å². The number of amides is 1. The second-order valence-electron chi connectivity index (χ2n) is 7.64. The Kier molecular flexibility index (Phi) is 5.67. The van der Waals surface area contributed by atoms with E-state index in [4.69, 9.17) is 0 Å². The predicted octanol–water partition coefficient (Wildman–Crippen LogP) is 4.61. The molecule has 3 aromatic rings. The summed E-state index contributed by atoms with van der Waals surface area (Å²) in [5.74, 6) is -1.33. The minimum Gasteiger partial charge on any atom is -0.311 e. The molecular weight excluding hydrogens is 427 g/mol. The molecule has 1 aliphatic rings. The summed E-state index contributed by atoms with van der Waals surface area (Å²) in [5.41, 5.74) is 2.69. The van der Waals surface area contributed by atoms with Gasteiger partial charge in [0.1, 0.15) is 0 Å². The topological polar surface area (TPSA) is 63.4 Å². The number of hydrogen-bond donors (Lipinski definition) is 0. The first-order valence-corrected chi connectivity index (χ1v) is 10.9. The number of thioether (sulfide) groups is 1. The van der Waals surface area contributed by atoms with E-state index >= 15 is 0 Å². The van der Waals surface area contributed by atoms with Crippen LogP contribution < -0.4 is 4.90 Å². The number of benzene rings is 1. The molecule has 6 nitrogen and oxygen atoms in total. The van der Waals surface area contributed by atoms with Gasteiger partial charge >= 0.3 is 6.18 Å². The third-order valence-corrected chi connectivity index (χ3v) is 6.67. The van der Waals surface area contributed by atoms with Crippen LogP contribution in [0.15, 0.2) is 29.2 Å². The van der Waals surface area contributed by atoms with E-state index in [0.717, 1.165) is 21.5 Å². The van der Waals surface area contributed by atoms with E-state index in [1.54, 1.807) is 25.6 Å². The summed E-state index contributed by atoms with van der Waals surface area (Å²) in [6.45, 7) is 6.18. The zero-order chi connectivity index (χ0) is 22.3. The highest BCUT2D eigenvalue weighted by Gasteiger charge is 2.37. The maximum atomic E-state index is 13.1.